The molecule has 202 valence electrons. The monoisotopic (exact) mass is 555 g/mol. The molecule has 4 aromatic rings. The van der Waals surface area contributed by atoms with Crippen molar-refractivity contribution in [3.05, 3.63) is 106 Å². The van der Waals surface area contributed by atoms with Crippen LogP contribution < -0.4 is 14.7 Å². The number of hydroxylamine groups is 1. The standard InChI is InChI=1S/C30H25N3O6S/c1-2-18-38-23-14-12-20(13-15-23)31-29(34)26-27(32(39-28(26)30(31)35)21-6-4-3-5-7-21)25-17-16-24(40-25)19-8-10-22(11-9-19)33(36)37/h3-17,26-28H,2,18H2,1H3/t26-,27+,28+/m1/s1. The third-order valence-corrected chi connectivity index (χ3v) is 8.18. The number of imide groups is 1. The van der Waals surface area contributed by atoms with Crippen molar-refractivity contribution in [3.8, 4) is 16.2 Å². The summed E-state index contributed by atoms with van der Waals surface area (Å²) in [6, 6.07) is 26.0. The Kier molecular flexibility index (Phi) is 6.79. The zero-order valence-corrected chi connectivity index (χ0v) is 22.3. The van der Waals surface area contributed by atoms with Gasteiger partial charge in [0, 0.05) is 21.9 Å². The van der Waals surface area contributed by atoms with E-state index in [9.17, 15) is 19.7 Å². The topological polar surface area (TPSA) is 102 Å². The molecule has 2 fully saturated rings. The molecule has 3 atom stereocenters. The predicted molar refractivity (Wildman–Crippen MR) is 151 cm³/mol. The van der Waals surface area contributed by atoms with Gasteiger partial charge in [0.25, 0.3) is 11.6 Å². The van der Waals surface area contributed by atoms with Crippen LogP contribution in [0, 0.1) is 16.0 Å². The van der Waals surface area contributed by atoms with Crippen LogP contribution in [0.25, 0.3) is 10.4 Å². The quantitative estimate of drug-likeness (QED) is 0.146. The number of nitro groups is 1. The van der Waals surface area contributed by atoms with Gasteiger partial charge >= 0.3 is 0 Å². The Morgan fingerprint density at radius 2 is 1.62 bits per heavy atom. The maximum absolute atomic E-state index is 13.9. The number of carbonyl (C=O) groups excluding carboxylic acids is 2. The van der Waals surface area contributed by atoms with E-state index in [4.69, 9.17) is 9.57 Å². The summed E-state index contributed by atoms with van der Waals surface area (Å²) >= 11 is 1.46. The molecule has 40 heavy (non-hydrogen) atoms. The molecule has 9 nitrogen and oxygen atoms in total. The molecule has 0 N–H and O–H groups in total. The fraction of sp³-hybridized carbons (Fsp3) is 0.200. The lowest BCUT2D eigenvalue weighted by molar-refractivity contribution is -0.384. The van der Waals surface area contributed by atoms with E-state index >= 15 is 0 Å². The first-order valence-electron chi connectivity index (χ1n) is 12.9. The van der Waals surface area contributed by atoms with Gasteiger partial charge in [0.2, 0.25) is 5.91 Å². The molecule has 0 saturated carbocycles. The molecule has 2 saturated heterocycles. The van der Waals surface area contributed by atoms with Crippen LogP contribution in [0.1, 0.15) is 24.3 Å². The minimum atomic E-state index is -0.973. The lowest BCUT2D eigenvalue weighted by Gasteiger charge is -2.27. The third-order valence-electron chi connectivity index (χ3n) is 6.97. The van der Waals surface area contributed by atoms with Gasteiger partial charge in [-0.2, -0.15) is 0 Å². The van der Waals surface area contributed by atoms with E-state index in [2.05, 4.69) is 0 Å². The van der Waals surface area contributed by atoms with Crippen LogP contribution in [0.4, 0.5) is 17.1 Å². The highest BCUT2D eigenvalue weighted by Gasteiger charge is 2.60. The van der Waals surface area contributed by atoms with Gasteiger partial charge in [-0.05, 0) is 72.6 Å². The number of fused-ring (bicyclic) bond motifs is 1. The second kappa shape index (κ2) is 10.6. The molecule has 0 aliphatic carbocycles. The summed E-state index contributed by atoms with van der Waals surface area (Å²) in [4.78, 5) is 47.3. The molecule has 6 rings (SSSR count). The summed E-state index contributed by atoms with van der Waals surface area (Å²) in [6.45, 7) is 2.60. The Hall–Kier alpha value is -4.54. The number of nitro benzene ring substituents is 1. The smallest absolute Gasteiger partial charge is 0.269 e. The highest BCUT2D eigenvalue weighted by atomic mass is 32.1. The first-order chi connectivity index (χ1) is 19.5. The van der Waals surface area contributed by atoms with Gasteiger partial charge in [-0.15, -0.1) is 11.3 Å². The lowest BCUT2D eigenvalue weighted by Crippen LogP contribution is -2.37. The van der Waals surface area contributed by atoms with E-state index in [-0.39, 0.29) is 11.6 Å². The number of ether oxygens (including phenoxy) is 1. The Bertz CT molecular complexity index is 1550. The molecular formula is C30H25N3O6S. The minimum Gasteiger partial charge on any atom is -0.494 e. The molecular weight excluding hydrogens is 530 g/mol. The van der Waals surface area contributed by atoms with Gasteiger partial charge in [-0.3, -0.25) is 24.5 Å². The summed E-state index contributed by atoms with van der Waals surface area (Å²) in [6.07, 6.45) is -0.0990. The van der Waals surface area contributed by atoms with E-state index in [0.717, 1.165) is 27.4 Å². The van der Waals surface area contributed by atoms with Crippen LogP contribution in [0.15, 0.2) is 91.0 Å². The highest BCUT2D eigenvalue weighted by Crippen LogP contribution is 2.50. The number of rotatable bonds is 8. The number of benzene rings is 3. The lowest BCUT2D eigenvalue weighted by atomic mass is 9.95. The van der Waals surface area contributed by atoms with E-state index in [1.807, 2.05) is 49.4 Å². The Morgan fingerprint density at radius 1 is 0.900 bits per heavy atom. The zero-order chi connectivity index (χ0) is 27.8. The van der Waals surface area contributed by atoms with Crippen LogP contribution in [-0.2, 0) is 14.4 Å². The third kappa shape index (κ3) is 4.51. The maximum atomic E-state index is 13.9. The number of amides is 2. The first kappa shape index (κ1) is 25.7. The van der Waals surface area contributed by atoms with Crippen molar-refractivity contribution < 1.29 is 24.1 Å². The molecule has 3 aromatic carbocycles. The number of nitrogens with zero attached hydrogens (tertiary/aromatic N) is 3. The molecule has 2 aliphatic heterocycles. The van der Waals surface area contributed by atoms with Gasteiger partial charge in [0.15, 0.2) is 6.10 Å². The van der Waals surface area contributed by atoms with E-state index in [1.165, 1.54) is 28.4 Å². The molecule has 10 heteroatoms. The average molecular weight is 556 g/mol. The fourth-order valence-corrected chi connectivity index (χ4v) is 6.23. The summed E-state index contributed by atoms with van der Waals surface area (Å²) < 4.78 is 5.64. The van der Waals surface area contributed by atoms with E-state index < -0.39 is 28.9 Å². The number of non-ortho nitro benzene ring substituents is 1. The van der Waals surface area contributed by atoms with Gasteiger partial charge in [-0.1, -0.05) is 25.1 Å². The SMILES string of the molecule is CCCOc1ccc(N2C(=O)[C@H]3[C@H](ON(c4ccccc4)[C@H]3c3ccc(-c4ccc([N+](=O)[O-])cc4)s3)C2=O)cc1. The molecule has 0 unspecified atom stereocenters. The largest absolute Gasteiger partial charge is 0.494 e. The molecule has 3 heterocycles. The van der Waals surface area contributed by atoms with Crippen molar-refractivity contribution in [1.82, 2.24) is 0 Å². The van der Waals surface area contributed by atoms with Crippen LogP contribution in [0.5, 0.6) is 5.75 Å². The van der Waals surface area contributed by atoms with Crippen molar-refractivity contribution in [3.63, 3.8) is 0 Å². The number of para-hydroxylation sites is 1. The summed E-state index contributed by atoms with van der Waals surface area (Å²) in [5.74, 6) is -0.822. The molecule has 1 aromatic heterocycles. The van der Waals surface area contributed by atoms with Crippen molar-refractivity contribution in [2.75, 3.05) is 16.6 Å². The highest BCUT2D eigenvalue weighted by molar-refractivity contribution is 7.15. The number of hydrogen-bond donors (Lipinski definition) is 0. The van der Waals surface area contributed by atoms with E-state index in [1.54, 1.807) is 41.5 Å². The summed E-state index contributed by atoms with van der Waals surface area (Å²) in [5.41, 5.74) is 2.05. The second-order valence-corrected chi connectivity index (χ2v) is 10.6. The van der Waals surface area contributed by atoms with Crippen LogP contribution in [0.3, 0.4) is 0 Å². The van der Waals surface area contributed by atoms with Crippen molar-refractivity contribution in [2.45, 2.75) is 25.5 Å². The zero-order valence-electron chi connectivity index (χ0n) is 21.5. The minimum absolute atomic E-state index is 0.0166. The van der Waals surface area contributed by atoms with Crippen LogP contribution >= 0.6 is 11.3 Å². The second-order valence-electron chi connectivity index (χ2n) is 9.52. The van der Waals surface area contributed by atoms with Crippen molar-refractivity contribution >= 4 is 40.2 Å². The Morgan fingerprint density at radius 3 is 2.30 bits per heavy atom. The molecule has 2 aliphatic rings. The first-order valence-corrected chi connectivity index (χ1v) is 13.7. The van der Waals surface area contributed by atoms with Gasteiger partial charge < -0.3 is 4.74 Å². The van der Waals surface area contributed by atoms with E-state index in [0.29, 0.717) is 18.0 Å². The summed E-state index contributed by atoms with van der Waals surface area (Å²) in [5, 5.41) is 12.7. The van der Waals surface area contributed by atoms with Gasteiger partial charge in [0.1, 0.15) is 17.7 Å². The maximum Gasteiger partial charge on any atom is 0.269 e. The van der Waals surface area contributed by atoms with Gasteiger partial charge in [0.05, 0.1) is 22.9 Å². The Balaban J connectivity index is 1.34. The average Bonchev–Trinajstić information content (AvgIpc) is 3.68. The predicted octanol–water partition coefficient (Wildman–Crippen LogP) is 6.16. The molecule has 0 bridgehead atoms. The number of thiophene rings is 1. The van der Waals surface area contributed by atoms with Crippen LogP contribution in [-0.4, -0.2) is 29.4 Å². The molecule has 2 amide bonds. The number of carbonyl (C=O) groups is 2. The number of anilines is 2. The number of hydrogen-bond acceptors (Lipinski definition) is 8. The van der Waals surface area contributed by atoms with Crippen molar-refractivity contribution in [1.29, 1.82) is 0 Å². The Labute approximate surface area is 234 Å². The molecule has 0 spiro atoms. The normalized spacial score (nSPS) is 20.2. The summed E-state index contributed by atoms with van der Waals surface area (Å²) in [7, 11) is 0. The van der Waals surface area contributed by atoms with Gasteiger partial charge in [-0.25, -0.2) is 9.96 Å². The molecule has 0 radical (unpaired) electrons. The fourth-order valence-electron chi connectivity index (χ4n) is 5.08. The van der Waals surface area contributed by atoms with Crippen molar-refractivity contribution in [2.24, 2.45) is 5.92 Å². The van der Waals surface area contributed by atoms with Crippen LogP contribution in [0.2, 0.25) is 0 Å².